The van der Waals surface area contributed by atoms with E-state index in [2.05, 4.69) is 26.1 Å². The number of alkyl halides is 1. The second kappa shape index (κ2) is 11.1. The maximum Gasteiger partial charge on any atom is 0.102 e. The molecule has 2 saturated carbocycles. The van der Waals surface area contributed by atoms with E-state index in [0.29, 0.717) is 37.6 Å². The van der Waals surface area contributed by atoms with Crippen molar-refractivity contribution in [2.45, 2.75) is 49.5 Å². The van der Waals surface area contributed by atoms with Gasteiger partial charge in [0.05, 0.1) is 50.5 Å². The number of para-hydroxylation sites is 2. The second-order valence-electron chi connectivity index (χ2n) is 8.90. The summed E-state index contributed by atoms with van der Waals surface area (Å²) >= 11 is 28.3. The van der Waals surface area contributed by atoms with Gasteiger partial charge in [-0.25, -0.2) is 9.36 Å². The number of benzene rings is 2. The van der Waals surface area contributed by atoms with Gasteiger partial charge in [0.15, 0.2) is 0 Å². The third kappa shape index (κ3) is 5.22. The van der Waals surface area contributed by atoms with Gasteiger partial charge in [-0.15, -0.1) is 0 Å². The lowest BCUT2D eigenvalue weighted by molar-refractivity contribution is 0.272. The quantitative estimate of drug-likeness (QED) is 0.218. The van der Waals surface area contributed by atoms with E-state index < -0.39 is 0 Å². The molecule has 0 bridgehead atoms. The first kappa shape index (κ1) is 26.1. The Morgan fingerprint density at radius 2 is 1.11 bits per heavy atom. The predicted octanol–water partition coefficient (Wildman–Crippen LogP) is 8.50. The molecule has 0 amide bonds. The van der Waals surface area contributed by atoms with Crippen molar-refractivity contribution in [3.63, 3.8) is 0 Å². The van der Waals surface area contributed by atoms with Crippen LogP contribution in [0, 0.1) is 0 Å². The number of rotatable bonds is 6. The molecule has 5 nitrogen and oxygen atoms in total. The Morgan fingerprint density at radius 1 is 0.722 bits per heavy atom. The van der Waals surface area contributed by atoms with Crippen LogP contribution in [0.4, 0.5) is 0 Å². The van der Waals surface area contributed by atoms with Crippen LogP contribution >= 0.6 is 62.3 Å². The fourth-order valence-corrected chi connectivity index (χ4v) is 5.98. The largest absolute Gasteiger partial charge is 0.390 e. The van der Waals surface area contributed by atoms with Crippen molar-refractivity contribution in [1.82, 2.24) is 19.6 Å². The maximum absolute atomic E-state index is 9.56. The summed E-state index contributed by atoms with van der Waals surface area (Å²) < 4.78 is 3.51. The van der Waals surface area contributed by atoms with E-state index in [1.54, 1.807) is 22.9 Å². The molecule has 188 valence electrons. The molecular formula is C26H23BrCl4N4O. The topological polar surface area (TPSA) is 55.9 Å². The van der Waals surface area contributed by atoms with Crippen molar-refractivity contribution in [1.29, 1.82) is 0 Å². The van der Waals surface area contributed by atoms with Crippen LogP contribution in [0.3, 0.4) is 0 Å². The van der Waals surface area contributed by atoms with Crippen LogP contribution < -0.4 is 0 Å². The molecule has 2 fully saturated rings. The average molecular weight is 629 g/mol. The number of aliphatic hydroxyl groups is 1. The van der Waals surface area contributed by atoms with Crippen LogP contribution in [0.5, 0.6) is 0 Å². The smallest absolute Gasteiger partial charge is 0.102 e. The molecule has 4 aromatic rings. The maximum atomic E-state index is 9.56. The number of hydrogen-bond donors (Lipinski definition) is 1. The van der Waals surface area contributed by atoms with E-state index in [4.69, 9.17) is 46.4 Å². The molecule has 2 aliphatic rings. The normalized spacial score (nSPS) is 15.1. The van der Waals surface area contributed by atoms with Crippen molar-refractivity contribution < 1.29 is 5.11 Å². The summed E-state index contributed by atoms with van der Waals surface area (Å²) in [4.78, 5) is 0. The Labute approximate surface area is 238 Å². The minimum Gasteiger partial charge on any atom is -0.390 e. The molecule has 36 heavy (non-hydrogen) atoms. The summed E-state index contributed by atoms with van der Waals surface area (Å²) in [6.45, 7) is -0.0621. The first-order valence-corrected chi connectivity index (χ1v) is 14.3. The fourth-order valence-electron chi connectivity index (χ4n) is 4.30. The molecular weight excluding hydrogens is 606 g/mol. The van der Waals surface area contributed by atoms with E-state index in [0.717, 1.165) is 40.8 Å². The van der Waals surface area contributed by atoms with Crippen molar-refractivity contribution in [3.8, 4) is 11.4 Å². The summed E-state index contributed by atoms with van der Waals surface area (Å²) in [5, 5.41) is 21.4. The molecule has 10 heteroatoms. The van der Waals surface area contributed by atoms with E-state index in [1.165, 1.54) is 18.4 Å². The molecule has 2 aromatic heterocycles. The molecule has 0 spiro atoms. The molecule has 2 aliphatic carbocycles. The Bertz CT molecular complexity index is 1250. The summed E-state index contributed by atoms with van der Waals surface area (Å²) in [7, 11) is 0. The third-order valence-corrected chi connectivity index (χ3v) is 8.16. The molecule has 0 aliphatic heterocycles. The van der Waals surface area contributed by atoms with Crippen molar-refractivity contribution >= 4 is 62.3 Å². The summed E-state index contributed by atoms with van der Waals surface area (Å²) in [6, 6.07) is 10.8. The highest BCUT2D eigenvalue weighted by Crippen LogP contribution is 2.44. The molecule has 1 N–H and O–H groups in total. The molecule has 2 heterocycles. The number of aliphatic hydroxyl groups excluding tert-OH is 1. The van der Waals surface area contributed by atoms with Crippen molar-refractivity contribution in [2.24, 2.45) is 0 Å². The second-order valence-corrected chi connectivity index (χ2v) is 11.1. The van der Waals surface area contributed by atoms with Gasteiger partial charge in [0.2, 0.25) is 0 Å². The highest BCUT2D eigenvalue weighted by atomic mass is 79.9. The van der Waals surface area contributed by atoms with Crippen LogP contribution in [-0.4, -0.2) is 24.7 Å². The van der Waals surface area contributed by atoms with Gasteiger partial charge in [-0.3, -0.25) is 0 Å². The average Bonchev–Trinajstić information content (AvgIpc) is 3.80. The summed E-state index contributed by atoms with van der Waals surface area (Å²) in [5.41, 5.74) is 5.75. The first-order valence-electron chi connectivity index (χ1n) is 11.6. The Kier molecular flexibility index (Phi) is 8.01. The van der Waals surface area contributed by atoms with Gasteiger partial charge in [-0.05, 0) is 72.9 Å². The SMILES string of the molecule is Clc1cccc(Cl)c1-n1ncc(C2CC2)c1CBr.OCc1c(C2CC2)cnn1-c1c(Cl)cccc1Cl. The van der Waals surface area contributed by atoms with Gasteiger partial charge in [0.1, 0.15) is 11.4 Å². The minimum atomic E-state index is -0.0621. The van der Waals surface area contributed by atoms with Gasteiger partial charge in [-0.2, -0.15) is 10.2 Å². The van der Waals surface area contributed by atoms with Gasteiger partial charge >= 0.3 is 0 Å². The van der Waals surface area contributed by atoms with Crippen molar-refractivity contribution in [3.05, 3.63) is 91.4 Å². The predicted molar refractivity (Wildman–Crippen MR) is 150 cm³/mol. The lowest BCUT2D eigenvalue weighted by Gasteiger charge is -2.10. The van der Waals surface area contributed by atoms with Gasteiger partial charge in [-0.1, -0.05) is 74.5 Å². The van der Waals surface area contributed by atoms with Crippen LogP contribution in [0.2, 0.25) is 20.1 Å². The minimum absolute atomic E-state index is 0.0621. The molecule has 0 saturated heterocycles. The molecule has 6 rings (SSSR count). The highest BCUT2D eigenvalue weighted by molar-refractivity contribution is 9.08. The highest BCUT2D eigenvalue weighted by Gasteiger charge is 2.30. The van der Waals surface area contributed by atoms with E-state index in [-0.39, 0.29) is 6.61 Å². The first-order chi connectivity index (χ1) is 17.4. The van der Waals surface area contributed by atoms with Crippen LogP contribution in [-0.2, 0) is 11.9 Å². The Morgan fingerprint density at radius 3 is 1.47 bits per heavy atom. The lowest BCUT2D eigenvalue weighted by Crippen LogP contribution is -2.05. The van der Waals surface area contributed by atoms with Crippen LogP contribution in [0.15, 0.2) is 48.8 Å². The number of halogens is 5. The van der Waals surface area contributed by atoms with E-state index in [1.807, 2.05) is 35.3 Å². The van der Waals surface area contributed by atoms with Gasteiger partial charge in [0.25, 0.3) is 0 Å². The number of nitrogens with zero attached hydrogens (tertiary/aromatic N) is 4. The van der Waals surface area contributed by atoms with Crippen molar-refractivity contribution in [2.75, 3.05) is 0 Å². The monoisotopic (exact) mass is 626 g/mol. The zero-order chi connectivity index (χ0) is 25.4. The standard InChI is InChI=1S/C13H11BrCl2N2.C13H12Cl2N2O/c14-6-12-9(8-4-5-8)7-17-18(12)13-10(15)2-1-3-11(13)16;14-10-2-1-3-11(15)13(10)17-12(7-18)9(6-16-17)8-4-5-8/h1-3,7-8H,4-6H2;1-3,6,8,18H,4-5,7H2. The van der Waals surface area contributed by atoms with Gasteiger partial charge in [0, 0.05) is 5.33 Å². The zero-order valence-electron chi connectivity index (χ0n) is 19.1. The Balaban J connectivity index is 0.000000148. The number of hydrogen-bond acceptors (Lipinski definition) is 3. The molecule has 0 unspecified atom stereocenters. The Hall–Kier alpha value is -1.54. The zero-order valence-corrected chi connectivity index (χ0v) is 23.8. The van der Waals surface area contributed by atoms with Gasteiger partial charge < -0.3 is 5.11 Å². The summed E-state index contributed by atoms with van der Waals surface area (Å²) in [5.74, 6) is 1.19. The van der Waals surface area contributed by atoms with E-state index >= 15 is 0 Å². The fraction of sp³-hybridized carbons (Fsp3) is 0.308. The van der Waals surface area contributed by atoms with E-state index in [9.17, 15) is 5.11 Å². The number of aromatic nitrogens is 4. The molecule has 2 aromatic carbocycles. The van der Waals surface area contributed by atoms with Crippen LogP contribution in [0.1, 0.15) is 60.0 Å². The molecule has 0 atom stereocenters. The lowest BCUT2D eigenvalue weighted by atomic mass is 10.1. The summed E-state index contributed by atoms with van der Waals surface area (Å²) in [6.07, 6.45) is 8.57. The third-order valence-electron chi connectivity index (χ3n) is 6.41. The van der Waals surface area contributed by atoms with Crippen LogP contribution in [0.25, 0.3) is 11.4 Å². The molecule has 0 radical (unpaired) electrons.